The third kappa shape index (κ3) is 3.52. The summed E-state index contributed by atoms with van der Waals surface area (Å²) >= 11 is 0. The molecule has 1 N–H and O–H groups in total. The molecule has 0 spiro atoms. The van der Waals surface area contributed by atoms with E-state index in [0.717, 1.165) is 44.0 Å². The third-order valence-electron chi connectivity index (χ3n) is 5.33. The number of nitrogens with zero attached hydrogens (tertiary/aromatic N) is 4. The third-order valence-corrected chi connectivity index (χ3v) is 5.33. The lowest BCUT2D eigenvalue weighted by molar-refractivity contribution is 0.111. The van der Waals surface area contributed by atoms with Gasteiger partial charge in [0.05, 0.1) is 11.6 Å². The highest BCUT2D eigenvalue weighted by atomic mass is 16.3. The van der Waals surface area contributed by atoms with Crippen molar-refractivity contribution in [2.45, 2.75) is 33.4 Å². The minimum atomic E-state index is -0.284. The topological polar surface area (TPSA) is 61.6 Å². The zero-order valence-corrected chi connectivity index (χ0v) is 15.9. The van der Waals surface area contributed by atoms with Gasteiger partial charge < -0.3 is 14.6 Å². The van der Waals surface area contributed by atoms with Crippen LogP contribution in [0.2, 0.25) is 0 Å². The molecule has 1 fully saturated rings. The van der Waals surface area contributed by atoms with Crippen LogP contribution in [0.3, 0.4) is 0 Å². The molecule has 0 radical (unpaired) electrons. The Morgan fingerprint density at radius 2 is 1.92 bits per heavy atom. The number of likely N-dealkylation sites (N-methyl/N-ethyl adjacent to an activating group) is 1. The van der Waals surface area contributed by atoms with Crippen LogP contribution < -0.4 is 5.56 Å². The maximum absolute atomic E-state index is 13.2. The number of hydrogen-bond acceptors (Lipinski definition) is 5. The zero-order valence-electron chi connectivity index (χ0n) is 15.9. The Kier molecular flexibility index (Phi) is 5.74. The summed E-state index contributed by atoms with van der Waals surface area (Å²) in [5.41, 5.74) is 2.06. The van der Waals surface area contributed by atoms with Gasteiger partial charge in [-0.15, -0.1) is 0 Å². The van der Waals surface area contributed by atoms with Gasteiger partial charge in [-0.05, 0) is 38.1 Å². The van der Waals surface area contributed by atoms with Crippen molar-refractivity contribution in [1.29, 1.82) is 0 Å². The van der Waals surface area contributed by atoms with Gasteiger partial charge in [0.25, 0.3) is 5.56 Å². The van der Waals surface area contributed by atoms with Crippen LogP contribution in [0.5, 0.6) is 5.75 Å². The van der Waals surface area contributed by atoms with Crippen LogP contribution in [0, 0.1) is 6.92 Å². The normalized spacial score (nSPS) is 17.3. The number of rotatable bonds is 5. The van der Waals surface area contributed by atoms with E-state index in [1.807, 2.05) is 26.0 Å². The maximum atomic E-state index is 13.2. The fourth-order valence-electron chi connectivity index (χ4n) is 3.85. The van der Waals surface area contributed by atoms with Crippen molar-refractivity contribution in [3.05, 3.63) is 57.8 Å². The number of pyridine rings is 2. The van der Waals surface area contributed by atoms with E-state index in [4.69, 9.17) is 0 Å². The highest BCUT2D eigenvalue weighted by Gasteiger charge is 2.31. The van der Waals surface area contributed by atoms with Crippen molar-refractivity contribution in [3.63, 3.8) is 0 Å². The molecule has 26 heavy (non-hydrogen) atoms. The average Bonchev–Trinajstić information content (AvgIpc) is 2.66. The van der Waals surface area contributed by atoms with Crippen molar-refractivity contribution in [1.82, 2.24) is 19.4 Å². The molecule has 1 aliphatic heterocycles. The Morgan fingerprint density at radius 1 is 1.19 bits per heavy atom. The smallest absolute Gasteiger partial charge is 0.259 e. The van der Waals surface area contributed by atoms with Crippen molar-refractivity contribution in [2.75, 3.05) is 32.7 Å². The second kappa shape index (κ2) is 8.01. The molecule has 1 aliphatic rings. The molecule has 140 valence electrons. The lowest BCUT2D eigenvalue weighted by atomic mass is 9.97. The summed E-state index contributed by atoms with van der Waals surface area (Å²) in [6.45, 7) is 11.2. The zero-order chi connectivity index (χ0) is 18.7. The van der Waals surface area contributed by atoms with Crippen molar-refractivity contribution in [2.24, 2.45) is 0 Å². The molecule has 0 bridgehead atoms. The molecule has 2 aromatic heterocycles. The number of piperazine rings is 1. The highest BCUT2D eigenvalue weighted by molar-refractivity contribution is 5.40. The van der Waals surface area contributed by atoms with Gasteiger partial charge in [0.15, 0.2) is 0 Å². The van der Waals surface area contributed by atoms with E-state index >= 15 is 0 Å². The highest BCUT2D eigenvalue weighted by Crippen LogP contribution is 2.32. The quantitative estimate of drug-likeness (QED) is 0.888. The fourth-order valence-corrected chi connectivity index (χ4v) is 3.85. The summed E-state index contributed by atoms with van der Waals surface area (Å²) in [6.07, 6.45) is 3.53. The van der Waals surface area contributed by atoms with Gasteiger partial charge in [-0.25, -0.2) is 0 Å². The lowest BCUT2D eigenvalue weighted by Gasteiger charge is -2.39. The summed E-state index contributed by atoms with van der Waals surface area (Å²) in [6, 6.07) is 5.28. The molecule has 3 heterocycles. The van der Waals surface area contributed by atoms with Crippen LogP contribution >= 0.6 is 0 Å². The van der Waals surface area contributed by atoms with Crippen LogP contribution in [0.25, 0.3) is 0 Å². The van der Waals surface area contributed by atoms with E-state index in [9.17, 15) is 9.90 Å². The van der Waals surface area contributed by atoms with Gasteiger partial charge in [-0.3, -0.25) is 14.7 Å². The largest absolute Gasteiger partial charge is 0.507 e. The first-order chi connectivity index (χ1) is 12.6. The SMILES string of the molecule is CCN1CCN([C@@H](c2cccnc2)c2c(O)cc(C)n(CC)c2=O)CC1. The summed E-state index contributed by atoms with van der Waals surface area (Å²) in [4.78, 5) is 22.1. The van der Waals surface area contributed by atoms with Gasteiger partial charge >= 0.3 is 0 Å². The molecule has 0 saturated carbocycles. The maximum Gasteiger partial charge on any atom is 0.259 e. The first-order valence-corrected chi connectivity index (χ1v) is 9.36. The van der Waals surface area contributed by atoms with E-state index in [1.165, 1.54) is 0 Å². The monoisotopic (exact) mass is 356 g/mol. The molecule has 6 nitrogen and oxygen atoms in total. The molecular weight excluding hydrogens is 328 g/mol. The molecule has 0 aliphatic carbocycles. The Hall–Kier alpha value is -2.18. The van der Waals surface area contributed by atoms with E-state index in [-0.39, 0.29) is 17.4 Å². The first kappa shape index (κ1) is 18.6. The second-order valence-electron chi connectivity index (χ2n) is 6.79. The van der Waals surface area contributed by atoms with Gasteiger partial charge in [-0.1, -0.05) is 13.0 Å². The average molecular weight is 356 g/mol. The molecule has 0 unspecified atom stereocenters. The molecule has 3 rings (SSSR count). The van der Waals surface area contributed by atoms with E-state index < -0.39 is 0 Å². The molecule has 2 aromatic rings. The summed E-state index contributed by atoms with van der Waals surface area (Å²) in [5, 5.41) is 10.7. The molecule has 0 amide bonds. The van der Waals surface area contributed by atoms with Crippen molar-refractivity contribution in [3.8, 4) is 5.75 Å². The van der Waals surface area contributed by atoms with Crippen molar-refractivity contribution >= 4 is 0 Å². The van der Waals surface area contributed by atoms with Crippen LogP contribution in [0.1, 0.15) is 36.7 Å². The molecule has 1 atom stereocenters. The Morgan fingerprint density at radius 3 is 2.50 bits per heavy atom. The van der Waals surface area contributed by atoms with Crippen LogP contribution in [0.4, 0.5) is 0 Å². The molecular formula is C20H28N4O2. The number of aryl methyl sites for hydroxylation is 1. The summed E-state index contributed by atoms with van der Waals surface area (Å²) in [5.74, 6) is 0.0731. The predicted molar refractivity (Wildman–Crippen MR) is 103 cm³/mol. The van der Waals surface area contributed by atoms with E-state index in [0.29, 0.717) is 12.1 Å². The van der Waals surface area contributed by atoms with Gasteiger partial charge in [0.2, 0.25) is 0 Å². The number of aromatic hydroxyl groups is 1. The minimum absolute atomic E-state index is 0.0731. The lowest BCUT2D eigenvalue weighted by Crippen LogP contribution is -2.48. The second-order valence-corrected chi connectivity index (χ2v) is 6.79. The Bertz CT molecular complexity index is 795. The minimum Gasteiger partial charge on any atom is -0.507 e. The molecule has 0 aromatic carbocycles. The molecule has 6 heteroatoms. The number of hydrogen-bond donors (Lipinski definition) is 1. The fraction of sp³-hybridized carbons (Fsp3) is 0.500. The van der Waals surface area contributed by atoms with E-state index in [1.54, 1.807) is 23.0 Å². The Labute approximate surface area is 154 Å². The predicted octanol–water partition coefficient (Wildman–Crippen LogP) is 2.00. The Balaban J connectivity index is 2.10. The summed E-state index contributed by atoms with van der Waals surface area (Å²) < 4.78 is 1.72. The van der Waals surface area contributed by atoms with Crippen molar-refractivity contribution < 1.29 is 5.11 Å². The van der Waals surface area contributed by atoms with Crippen LogP contribution in [-0.2, 0) is 6.54 Å². The van der Waals surface area contributed by atoms with Crippen LogP contribution in [0.15, 0.2) is 35.4 Å². The van der Waals surface area contributed by atoms with Crippen LogP contribution in [-0.4, -0.2) is 57.2 Å². The van der Waals surface area contributed by atoms with E-state index in [2.05, 4.69) is 21.7 Å². The van der Waals surface area contributed by atoms with Gasteiger partial charge in [0, 0.05) is 50.8 Å². The van der Waals surface area contributed by atoms with Gasteiger partial charge in [-0.2, -0.15) is 0 Å². The first-order valence-electron chi connectivity index (χ1n) is 9.36. The van der Waals surface area contributed by atoms with Gasteiger partial charge in [0.1, 0.15) is 5.75 Å². The molecule has 1 saturated heterocycles. The number of aromatic nitrogens is 2. The standard InChI is InChI=1S/C20H28N4O2/c1-4-22-9-11-23(12-10-22)19(16-7-6-8-21-14-16)18-17(25)13-15(3)24(5-2)20(18)26/h6-8,13-14,19,25H,4-5,9-12H2,1-3H3/t19-/m0/s1. The summed E-state index contributed by atoms with van der Waals surface area (Å²) in [7, 11) is 0.